The van der Waals surface area contributed by atoms with E-state index in [1.807, 2.05) is 49.9 Å². The molecule has 2 amide bonds. The van der Waals surface area contributed by atoms with E-state index < -0.39 is 0 Å². The third-order valence-corrected chi connectivity index (χ3v) is 6.27. The highest BCUT2D eigenvalue weighted by Gasteiger charge is 2.29. The molecule has 0 saturated carbocycles. The number of furan rings is 1. The third kappa shape index (κ3) is 5.40. The molecule has 0 aliphatic carbocycles. The Bertz CT molecular complexity index is 1190. The van der Waals surface area contributed by atoms with Gasteiger partial charge in [-0.1, -0.05) is 44.0 Å². The van der Waals surface area contributed by atoms with Gasteiger partial charge in [-0.25, -0.2) is 0 Å². The van der Waals surface area contributed by atoms with Gasteiger partial charge >= 0.3 is 0 Å². The van der Waals surface area contributed by atoms with Gasteiger partial charge in [-0.05, 0) is 54.6 Å². The molecule has 1 fully saturated rings. The van der Waals surface area contributed by atoms with Crippen LogP contribution in [0.4, 0.5) is 11.4 Å². The Morgan fingerprint density at radius 1 is 0.912 bits per heavy atom. The Kier molecular flexibility index (Phi) is 6.91. The molecule has 0 unspecified atom stereocenters. The van der Waals surface area contributed by atoms with Crippen LogP contribution in [-0.2, 0) is 4.79 Å². The van der Waals surface area contributed by atoms with Crippen LogP contribution in [0.5, 0.6) is 0 Å². The number of hydrogen-bond donors (Lipinski definition) is 1. The lowest BCUT2D eigenvalue weighted by Gasteiger charge is -2.38. The van der Waals surface area contributed by atoms with Crippen molar-refractivity contribution in [2.75, 3.05) is 36.4 Å². The van der Waals surface area contributed by atoms with E-state index in [2.05, 4.69) is 10.2 Å². The van der Waals surface area contributed by atoms with Crippen LogP contribution in [0.25, 0.3) is 11.3 Å². The van der Waals surface area contributed by atoms with Crippen LogP contribution < -0.4 is 10.2 Å². The lowest BCUT2D eigenvalue weighted by atomic mass is 9.94. The summed E-state index contributed by atoms with van der Waals surface area (Å²) < 4.78 is 5.72. The quantitative estimate of drug-likeness (QED) is 0.463. The molecule has 0 spiro atoms. The molecule has 2 heterocycles. The maximum atomic E-state index is 12.7. The first-order valence-electron chi connectivity index (χ1n) is 11.1. The molecule has 1 saturated heterocycles. The molecule has 1 aromatic heterocycles. The fourth-order valence-corrected chi connectivity index (χ4v) is 4.39. The second-order valence-corrected chi connectivity index (χ2v) is 10.2. The first-order chi connectivity index (χ1) is 16.1. The summed E-state index contributed by atoms with van der Waals surface area (Å²) in [6.07, 6.45) is 0. The molecule has 0 atom stereocenters. The Labute approximate surface area is 209 Å². The Hall–Kier alpha value is -2.96. The highest BCUT2D eigenvalue weighted by Crippen LogP contribution is 2.32. The SMILES string of the molecule is CC(C)(C)C(=O)N1CCN(c2ccc(NC(=O)c3ccc(-c4ccc(Cl)cc4Cl)o3)cc2)CC1. The number of piperazine rings is 1. The van der Waals surface area contributed by atoms with Crippen molar-refractivity contribution in [1.29, 1.82) is 0 Å². The number of carbonyl (C=O) groups is 2. The minimum absolute atomic E-state index is 0.185. The fraction of sp³-hybridized carbons (Fsp3) is 0.308. The van der Waals surface area contributed by atoms with E-state index in [1.165, 1.54) is 0 Å². The molecule has 0 radical (unpaired) electrons. The van der Waals surface area contributed by atoms with Gasteiger partial charge < -0.3 is 19.5 Å². The van der Waals surface area contributed by atoms with E-state index in [0.717, 1.165) is 18.8 Å². The number of benzene rings is 2. The Balaban J connectivity index is 1.36. The number of halogens is 2. The molecule has 34 heavy (non-hydrogen) atoms. The predicted octanol–water partition coefficient (Wildman–Crippen LogP) is 6.20. The minimum atomic E-state index is -0.363. The van der Waals surface area contributed by atoms with Gasteiger partial charge in [0.15, 0.2) is 5.76 Å². The number of nitrogens with one attached hydrogen (secondary N) is 1. The molecule has 6 nitrogen and oxygen atoms in total. The van der Waals surface area contributed by atoms with Crippen LogP contribution in [0.3, 0.4) is 0 Å². The van der Waals surface area contributed by atoms with Gasteiger partial charge in [-0.3, -0.25) is 9.59 Å². The molecule has 1 N–H and O–H groups in total. The van der Waals surface area contributed by atoms with Crippen LogP contribution in [0.15, 0.2) is 59.0 Å². The highest BCUT2D eigenvalue weighted by molar-refractivity contribution is 6.36. The minimum Gasteiger partial charge on any atom is -0.451 e. The van der Waals surface area contributed by atoms with E-state index in [9.17, 15) is 9.59 Å². The average molecular weight is 500 g/mol. The summed E-state index contributed by atoms with van der Waals surface area (Å²) >= 11 is 12.2. The zero-order valence-corrected chi connectivity index (χ0v) is 20.9. The standard InChI is InChI=1S/C26H27Cl2N3O3/c1-26(2,3)25(33)31-14-12-30(13-15-31)19-7-5-18(6-8-19)29-24(32)23-11-10-22(34-23)20-9-4-17(27)16-21(20)28/h4-11,16H,12-15H2,1-3H3,(H,29,32). The van der Waals surface area contributed by atoms with Crippen molar-refractivity contribution >= 4 is 46.4 Å². The van der Waals surface area contributed by atoms with Gasteiger partial charge in [-0.2, -0.15) is 0 Å². The summed E-state index contributed by atoms with van der Waals surface area (Å²) in [4.78, 5) is 29.3. The second kappa shape index (κ2) is 9.72. The normalized spacial score (nSPS) is 14.3. The van der Waals surface area contributed by atoms with Crippen molar-refractivity contribution in [3.8, 4) is 11.3 Å². The maximum Gasteiger partial charge on any atom is 0.291 e. The second-order valence-electron chi connectivity index (χ2n) is 9.32. The Morgan fingerprint density at radius 2 is 1.59 bits per heavy atom. The van der Waals surface area contributed by atoms with Gasteiger partial charge in [0, 0.05) is 53.6 Å². The van der Waals surface area contributed by atoms with E-state index in [-0.39, 0.29) is 23.0 Å². The first kappa shape index (κ1) is 24.2. The largest absolute Gasteiger partial charge is 0.451 e. The van der Waals surface area contributed by atoms with Crippen molar-refractivity contribution in [2.45, 2.75) is 20.8 Å². The number of rotatable bonds is 4. The summed E-state index contributed by atoms with van der Waals surface area (Å²) in [5, 5.41) is 3.84. The summed E-state index contributed by atoms with van der Waals surface area (Å²) in [6.45, 7) is 8.80. The lowest BCUT2D eigenvalue weighted by molar-refractivity contribution is -0.139. The van der Waals surface area contributed by atoms with Crippen molar-refractivity contribution in [1.82, 2.24) is 4.90 Å². The van der Waals surface area contributed by atoms with Crippen LogP contribution >= 0.6 is 23.2 Å². The molecule has 1 aliphatic rings. The zero-order valence-electron chi connectivity index (χ0n) is 19.4. The van der Waals surface area contributed by atoms with Gasteiger partial charge in [-0.15, -0.1) is 0 Å². The van der Waals surface area contributed by atoms with E-state index >= 15 is 0 Å². The predicted molar refractivity (Wildman–Crippen MR) is 137 cm³/mol. The fourth-order valence-electron chi connectivity index (χ4n) is 3.88. The molecular formula is C26H27Cl2N3O3. The summed E-state index contributed by atoms with van der Waals surface area (Å²) in [7, 11) is 0. The molecular weight excluding hydrogens is 473 g/mol. The monoisotopic (exact) mass is 499 g/mol. The highest BCUT2D eigenvalue weighted by atomic mass is 35.5. The first-order valence-corrected chi connectivity index (χ1v) is 11.9. The summed E-state index contributed by atoms with van der Waals surface area (Å²) in [6, 6.07) is 16.1. The van der Waals surface area contributed by atoms with E-state index in [0.29, 0.717) is 40.1 Å². The molecule has 1 aliphatic heterocycles. The lowest BCUT2D eigenvalue weighted by Crippen LogP contribution is -2.51. The van der Waals surface area contributed by atoms with E-state index in [4.69, 9.17) is 27.6 Å². The molecule has 8 heteroatoms. The van der Waals surface area contributed by atoms with Gasteiger partial charge in [0.1, 0.15) is 5.76 Å². The molecule has 4 rings (SSSR count). The van der Waals surface area contributed by atoms with Crippen LogP contribution in [-0.4, -0.2) is 42.9 Å². The molecule has 3 aromatic rings. The number of carbonyl (C=O) groups excluding carboxylic acids is 2. The van der Waals surface area contributed by atoms with Crippen molar-refractivity contribution in [3.63, 3.8) is 0 Å². The number of hydrogen-bond acceptors (Lipinski definition) is 4. The van der Waals surface area contributed by atoms with Crippen molar-refractivity contribution < 1.29 is 14.0 Å². The molecule has 0 bridgehead atoms. The average Bonchev–Trinajstić information content (AvgIpc) is 3.29. The smallest absolute Gasteiger partial charge is 0.291 e. The number of anilines is 2. The topological polar surface area (TPSA) is 65.8 Å². The van der Waals surface area contributed by atoms with Crippen LogP contribution in [0.2, 0.25) is 10.0 Å². The molecule has 2 aromatic carbocycles. The van der Waals surface area contributed by atoms with Crippen LogP contribution in [0.1, 0.15) is 31.3 Å². The summed E-state index contributed by atoms with van der Waals surface area (Å²) in [5.74, 6) is 0.513. The van der Waals surface area contributed by atoms with Gasteiger partial charge in [0.05, 0.1) is 5.02 Å². The van der Waals surface area contributed by atoms with Gasteiger partial charge in [0.2, 0.25) is 5.91 Å². The number of amides is 2. The van der Waals surface area contributed by atoms with Crippen molar-refractivity contribution in [2.24, 2.45) is 5.41 Å². The van der Waals surface area contributed by atoms with Crippen molar-refractivity contribution in [3.05, 3.63) is 70.4 Å². The van der Waals surface area contributed by atoms with Gasteiger partial charge in [0.25, 0.3) is 5.91 Å². The number of nitrogens with zero attached hydrogens (tertiary/aromatic N) is 2. The molecule has 178 valence electrons. The van der Waals surface area contributed by atoms with Crippen LogP contribution in [0, 0.1) is 5.41 Å². The third-order valence-electron chi connectivity index (χ3n) is 5.73. The zero-order chi connectivity index (χ0) is 24.5. The summed E-state index contributed by atoms with van der Waals surface area (Å²) in [5.41, 5.74) is 2.02. The van der Waals surface area contributed by atoms with E-state index in [1.54, 1.807) is 30.3 Å². The maximum absolute atomic E-state index is 12.7. The Morgan fingerprint density at radius 3 is 2.21 bits per heavy atom.